The van der Waals surface area contributed by atoms with E-state index in [1.54, 1.807) is 6.92 Å². The Kier molecular flexibility index (Phi) is 4.77. The molecule has 0 saturated carbocycles. The maximum absolute atomic E-state index is 13.2. The Morgan fingerprint density at radius 1 is 1.35 bits per heavy atom. The van der Waals surface area contributed by atoms with Gasteiger partial charge in [-0.05, 0) is 18.6 Å². The van der Waals surface area contributed by atoms with Crippen LogP contribution < -0.4 is 0 Å². The Morgan fingerprint density at radius 2 is 2.00 bits per heavy atom. The summed E-state index contributed by atoms with van der Waals surface area (Å²) in [5, 5.41) is 9.92. The van der Waals surface area contributed by atoms with E-state index in [0.717, 1.165) is 12.1 Å². The molecule has 0 saturated heterocycles. The minimum absolute atomic E-state index is 0.0181. The van der Waals surface area contributed by atoms with Crippen molar-refractivity contribution >= 4 is 11.8 Å². The molecule has 23 heavy (non-hydrogen) atoms. The number of alkyl halides is 3. The van der Waals surface area contributed by atoms with E-state index in [-0.39, 0.29) is 18.6 Å². The molecule has 1 aromatic carbocycles. The van der Waals surface area contributed by atoms with Crippen LogP contribution in [0.3, 0.4) is 0 Å². The predicted octanol–water partition coefficient (Wildman–Crippen LogP) is 3.38. The fraction of sp³-hybridized carbons (Fsp3) is 0.375. The van der Waals surface area contributed by atoms with Gasteiger partial charge in [-0.25, -0.2) is 0 Å². The van der Waals surface area contributed by atoms with Crippen LogP contribution in [0.25, 0.3) is 0 Å². The standard InChI is InChI=1S/C16H15F3O4/c1-2-23-15(22)14-11(7-9(20)8-13(14)21)10-5-3-4-6-12(10)16(17,18)19/h3-6,8,11,14,21H,2,7H2,1H3. The fourth-order valence-corrected chi connectivity index (χ4v) is 2.74. The largest absolute Gasteiger partial charge is 0.511 e. The van der Waals surface area contributed by atoms with Gasteiger partial charge in [0.1, 0.15) is 11.7 Å². The number of benzene rings is 1. The molecule has 0 fully saturated rings. The van der Waals surface area contributed by atoms with Crippen molar-refractivity contribution in [1.29, 1.82) is 0 Å². The van der Waals surface area contributed by atoms with Crippen LogP contribution in [0.15, 0.2) is 36.1 Å². The predicted molar refractivity (Wildman–Crippen MR) is 74.6 cm³/mol. The molecule has 0 radical (unpaired) electrons. The average molecular weight is 328 g/mol. The molecule has 0 aliphatic heterocycles. The number of carbonyl (C=O) groups excluding carboxylic acids is 2. The van der Waals surface area contributed by atoms with E-state index in [9.17, 15) is 27.9 Å². The molecule has 0 bridgehead atoms. The smallest absolute Gasteiger partial charge is 0.416 e. The number of hydrogen-bond acceptors (Lipinski definition) is 4. The van der Waals surface area contributed by atoms with Crippen LogP contribution in [0.1, 0.15) is 30.4 Å². The molecular weight excluding hydrogens is 313 g/mol. The molecule has 4 nitrogen and oxygen atoms in total. The zero-order chi connectivity index (χ0) is 17.2. The van der Waals surface area contributed by atoms with Crippen LogP contribution in [0.5, 0.6) is 0 Å². The number of ether oxygens (including phenoxy) is 1. The molecule has 0 heterocycles. The molecule has 0 spiro atoms. The minimum Gasteiger partial charge on any atom is -0.511 e. The molecule has 1 aliphatic carbocycles. The van der Waals surface area contributed by atoms with Crippen LogP contribution in [0, 0.1) is 5.92 Å². The first-order valence-electron chi connectivity index (χ1n) is 7.01. The third-order valence-corrected chi connectivity index (χ3v) is 3.66. The normalized spacial score (nSPS) is 21.7. The second-order valence-corrected chi connectivity index (χ2v) is 5.16. The molecule has 2 atom stereocenters. The van der Waals surface area contributed by atoms with Gasteiger partial charge in [0, 0.05) is 18.4 Å². The lowest BCUT2D eigenvalue weighted by Gasteiger charge is -2.29. The Balaban J connectivity index is 2.53. The number of esters is 1. The van der Waals surface area contributed by atoms with E-state index in [2.05, 4.69) is 0 Å². The molecule has 1 aliphatic rings. The lowest BCUT2D eigenvalue weighted by molar-refractivity contribution is -0.150. The van der Waals surface area contributed by atoms with Gasteiger partial charge in [-0.2, -0.15) is 13.2 Å². The number of ketones is 1. The van der Waals surface area contributed by atoms with Crippen molar-refractivity contribution in [2.75, 3.05) is 6.61 Å². The van der Waals surface area contributed by atoms with Crippen LogP contribution >= 0.6 is 0 Å². The van der Waals surface area contributed by atoms with Crippen LogP contribution in [0.2, 0.25) is 0 Å². The number of aliphatic hydroxyl groups is 1. The molecule has 1 N–H and O–H groups in total. The summed E-state index contributed by atoms with van der Waals surface area (Å²) in [7, 11) is 0. The first kappa shape index (κ1) is 17.1. The highest BCUT2D eigenvalue weighted by Crippen LogP contribution is 2.42. The number of allylic oxidation sites excluding steroid dienone is 1. The highest BCUT2D eigenvalue weighted by atomic mass is 19.4. The Morgan fingerprint density at radius 3 is 2.61 bits per heavy atom. The van der Waals surface area contributed by atoms with Crippen LogP contribution in [0.4, 0.5) is 13.2 Å². The van der Waals surface area contributed by atoms with Crippen LogP contribution in [-0.4, -0.2) is 23.5 Å². The molecule has 0 aromatic heterocycles. The van der Waals surface area contributed by atoms with Crippen molar-refractivity contribution in [2.24, 2.45) is 5.92 Å². The van der Waals surface area contributed by atoms with Gasteiger partial charge in [-0.15, -0.1) is 0 Å². The highest BCUT2D eigenvalue weighted by molar-refractivity contribution is 5.94. The Hall–Kier alpha value is -2.31. The van der Waals surface area contributed by atoms with E-state index in [1.807, 2.05) is 0 Å². The van der Waals surface area contributed by atoms with E-state index < -0.39 is 41.1 Å². The van der Waals surface area contributed by atoms with Gasteiger partial charge < -0.3 is 9.84 Å². The SMILES string of the molecule is CCOC(=O)C1C(O)=CC(=O)CC1c1ccccc1C(F)(F)F. The molecule has 1 aromatic rings. The van der Waals surface area contributed by atoms with Crippen molar-refractivity contribution in [3.05, 3.63) is 47.2 Å². The van der Waals surface area contributed by atoms with Crippen molar-refractivity contribution in [3.8, 4) is 0 Å². The van der Waals surface area contributed by atoms with Gasteiger partial charge in [-0.3, -0.25) is 9.59 Å². The fourth-order valence-electron chi connectivity index (χ4n) is 2.74. The number of hydrogen-bond donors (Lipinski definition) is 1. The quantitative estimate of drug-likeness (QED) is 0.864. The lowest BCUT2D eigenvalue weighted by Crippen LogP contribution is -2.32. The number of aliphatic hydroxyl groups excluding tert-OH is 1. The number of carbonyl (C=O) groups is 2. The van der Waals surface area contributed by atoms with Gasteiger partial charge in [-0.1, -0.05) is 18.2 Å². The minimum atomic E-state index is -4.63. The molecule has 7 heteroatoms. The third kappa shape index (κ3) is 3.55. The Labute approximate surface area is 130 Å². The first-order chi connectivity index (χ1) is 10.8. The van der Waals surface area contributed by atoms with Gasteiger partial charge in [0.2, 0.25) is 0 Å². The van der Waals surface area contributed by atoms with Crippen molar-refractivity contribution in [2.45, 2.75) is 25.4 Å². The van der Waals surface area contributed by atoms with E-state index in [0.29, 0.717) is 0 Å². The molecule has 124 valence electrons. The summed E-state index contributed by atoms with van der Waals surface area (Å²) in [6.07, 6.45) is -4.06. The average Bonchev–Trinajstić information content (AvgIpc) is 2.45. The highest BCUT2D eigenvalue weighted by Gasteiger charge is 2.43. The zero-order valence-corrected chi connectivity index (χ0v) is 12.3. The van der Waals surface area contributed by atoms with Gasteiger partial charge in [0.05, 0.1) is 12.2 Å². The summed E-state index contributed by atoms with van der Waals surface area (Å²) in [6, 6.07) is 4.72. The monoisotopic (exact) mass is 328 g/mol. The molecule has 2 rings (SSSR count). The molecule has 0 amide bonds. The zero-order valence-electron chi connectivity index (χ0n) is 12.3. The first-order valence-corrected chi connectivity index (χ1v) is 7.01. The summed E-state index contributed by atoms with van der Waals surface area (Å²) in [6.45, 7) is 1.56. The molecular formula is C16H15F3O4. The maximum Gasteiger partial charge on any atom is 0.416 e. The molecule has 2 unspecified atom stereocenters. The van der Waals surface area contributed by atoms with E-state index in [4.69, 9.17) is 4.74 Å². The van der Waals surface area contributed by atoms with E-state index in [1.165, 1.54) is 18.2 Å². The number of halogens is 3. The summed E-state index contributed by atoms with van der Waals surface area (Å²) >= 11 is 0. The van der Waals surface area contributed by atoms with E-state index >= 15 is 0 Å². The van der Waals surface area contributed by atoms with Crippen molar-refractivity contribution in [3.63, 3.8) is 0 Å². The Bertz CT molecular complexity index is 649. The summed E-state index contributed by atoms with van der Waals surface area (Å²) < 4.78 is 44.4. The number of rotatable bonds is 3. The summed E-state index contributed by atoms with van der Waals surface area (Å²) in [5.41, 5.74) is -1.13. The lowest BCUT2D eigenvalue weighted by atomic mass is 9.76. The van der Waals surface area contributed by atoms with Crippen molar-refractivity contribution < 1.29 is 32.6 Å². The topological polar surface area (TPSA) is 63.6 Å². The summed E-state index contributed by atoms with van der Waals surface area (Å²) in [4.78, 5) is 23.7. The third-order valence-electron chi connectivity index (χ3n) is 3.66. The van der Waals surface area contributed by atoms with Crippen molar-refractivity contribution in [1.82, 2.24) is 0 Å². The van der Waals surface area contributed by atoms with Gasteiger partial charge in [0.15, 0.2) is 5.78 Å². The summed E-state index contributed by atoms with van der Waals surface area (Å²) in [5.74, 6) is -4.40. The second kappa shape index (κ2) is 6.44. The second-order valence-electron chi connectivity index (χ2n) is 5.16. The van der Waals surface area contributed by atoms with Gasteiger partial charge >= 0.3 is 12.1 Å². The maximum atomic E-state index is 13.2. The van der Waals surface area contributed by atoms with Crippen LogP contribution in [-0.2, 0) is 20.5 Å². The van der Waals surface area contributed by atoms with Gasteiger partial charge in [0.25, 0.3) is 0 Å².